The maximum Gasteiger partial charge on any atom is 0.262 e. The van der Waals surface area contributed by atoms with E-state index in [4.69, 9.17) is 4.74 Å². The van der Waals surface area contributed by atoms with Gasteiger partial charge in [0, 0.05) is 12.1 Å². The summed E-state index contributed by atoms with van der Waals surface area (Å²) in [4.78, 5) is 48.4. The molecule has 0 radical (unpaired) electrons. The van der Waals surface area contributed by atoms with E-state index in [0.29, 0.717) is 28.4 Å². The lowest BCUT2D eigenvalue weighted by Crippen LogP contribution is -2.41. The zero-order chi connectivity index (χ0) is 20.4. The van der Waals surface area contributed by atoms with E-state index in [2.05, 4.69) is 21.3 Å². The number of carbonyl (C=O) groups is 4. The molecule has 0 bridgehead atoms. The molecule has 2 aliphatic heterocycles. The number of hydrogen-bond acceptors (Lipinski definition) is 5. The van der Waals surface area contributed by atoms with Crippen molar-refractivity contribution in [2.45, 2.75) is 18.9 Å². The molecule has 29 heavy (non-hydrogen) atoms. The van der Waals surface area contributed by atoms with Crippen LogP contribution in [0.15, 0.2) is 42.5 Å². The molecule has 148 valence electrons. The van der Waals surface area contributed by atoms with Crippen molar-refractivity contribution in [1.82, 2.24) is 5.32 Å². The number of anilines is 3. The molecular formula is C20H18N4O5. The van der Waals surface area contributed by atoms with Gasteiger partial charge in [0.25, 0.3) is 11.8 Å². The van der Waals surface area contributed by atoms with E-state index in [0.717, 1.165) is 0 Å². The van der Waals surface area contributed by atoms with E-state index < -0.39 is 6.04 Å². The van der Waals surface area contributed by atoms with E-state index >= 15 is 0 Å². The molecule has 2 aliphatic rings. The number of carbonyl (C=O) groups excluding carboxylic acids is 4. The van der Waals surface area contributed by atoms with Crippen LogP contribution >= 0.6 is 0 Å². The third-order valence-corrected chi connectivity index (χ3v) is 4.61. The lowest BCUT2D eigenvalue weighted by atomic mass is 10.1. The Labute approximate surface area is 165 Å². The Morgan fingerprint density at radius 2 is 1.90 bits per heavy atom. The van der Waals surface area contributed by atoms with Crippen LogP contribution in [-0.4, -0.2) is 36.3 Å². The Kier molecular flexibility index (Phi) is 4.86. The first kappa shape index (κ1) is 18.5. The second kappa shape index (κ2) is 7.63. The lowest BCUT2D eigenvalue weighted by Gasteiger charge is -2.19. The van der Waals surface area contributed by atoms with Gasteiger partial charge < -0.3 is 26.0 Å². The number of benzene rings is 2. The highest BCUT2D eigenvalue weighted by atomic mass is 16.5. The highest BCUT2D eigenvalue weighted by Crippen LogP contribution is 2.30. The van der Waals surface area contributed by atoms with Gasteiger partial charge in [-0.05, 0) is 36.8 Å². The summed E-state index contributed by atoms with van der Waals surface area (Å²) in [7, 11) is 0. The second-order valence-electron chi connectivity index (χ2n) is 6.70. The maximum absolute atomic E-state index is 12.4. The average molecular weight is 394 g/mol. The molecule has 9 nitrogen and oxygen atoms in total. The summed E-state index contributed by atoms with van der Waals surface area (Å²) in [5, 5.41) is 10.7. The van der Waals surface area contributed by atoms with E-state index in [-0.39, 0.29) is 43.1 Å². The number of rotatable bonds is 4. The van der Waals surface area contributed by atoms with Gasteiger partial charge in [-0.3, -0.25) is 19.2 Å². The van der Waals surface area contributed by atoms with Crippen LogP contribution in [0.4, 0.5) is 17.1 Å². The third-order valence-electron chi connectivity index (χ3n) is 4.61. The molecule has 2 heterocycles. The molecule has 2 aromatic rings. The monoisotopic (exact) mass is 394 g/mol. The van der Waals surface area contributed by atoms with Gasteiger partial charge in [0.1, 0.15) is 11.8 Å². The van der Waals surface area contributed by atoms with Crippen molar-refractivity contribution in [3.05, 3.63) is 48.0 Å². The van der Waals surface area contributed by atoms with Crippen LogP contribution in [0.2, 0.25) is 0 Å². The van der Waals surface area contributed by atoms with Gasteiger partial charge in [0.05, 0.1) is 16.9 Å². The zero-order valence-electron chi connectivity index (χ0n) is 15.3. The lowest BCUT2D eigenvalue weighted by molar-refractivity contribution is -0.119. The minimum Gasteiger partial charge on any atom is -0.482 e. The van der Waals surface area contributed by atoms with Crippen molar-refractivity contribution in [2.75, 3.05) is 22.6 Å². The van der Waals surface area contributed by atoms with Crippen LogP contribution in [0.1, 0.15) is 23.2 Å². The topological polar surface area (TPSA) is 126 Å². The maximum atomic E-state index is 12.4. The number of amides is 4. The Hall–Kier alpha value is -3.88. The molecule has 0 spiro atoms. The van der Waals surface area contributed by atoms with Crippen molar-refractivity contribution in [3.63, 3.8) is 0 Å². The minimum atomic E-state index is -0.822. The van der Waals surface area contributed by atoms with Crippen LogP contribution < -0.4 is 26.0 Å². The molecule has 4 N–H and O–H groups in total. The first-order chi connectivity index (χ1) is 14.0. The van der Waals surface area contributed by atoms with Gasteiger partial charge in [-0.15, -0.1) is 0 Å². The number of ether oxygens (including phenoxy) is 1. The Morgan fingerprint density at radius 1 is 1.07 bits per heavy atom. The van der Waals surface area contributed by atoms with Crippen LogP contribution in [0.3, 0.4) is 0 Å². The fourth-order valence-electron chi connectivity index (χ4n) is 3.17. The SMILES string of the molecule is O=C(CC[C@H]1NC(=O)c2ccccc2NC1=O)Nc1ccc2c(c1)NC(=O)CO2. The second-order valence-corrected chi connectivity index (χ2v) is 6.70. The zero-order valence-corrected chi connectivity index (χ0v) is 15.3. The Balaban J connectivity index is 1.36. The van der Waals surface area contributed by atoms with Crippen molar-refractivity contribution >= 4 is 40.7 Å². The molecule has 0 unspecified atom stereocenters. The standard InChI is InChI=1S/C20H18N4O5/c25-17(21-11-5-7-16-15(9-11)22-18(26)10-29-16)8-6-14-20(28)23-13-4-2-1-3-12(13)19(27)24-14/h1-5,7,9,14H,6,8,10H2,(H,21,25)(H,22,26)(H,23,28)(H,24,27)/t14-/m1/s1. The number of fused-ring (bicyclic) bond motifs is 2. The predicted molar refractivity (Wildman–Crippen MR) is 105 cm³/mol. The summed E-state index contributed by atoms with van der Waals surface area (Å²) in [6.07, 6.45) is 0.164. The summed E-state index contributed by atoms with van der Waals surface area (Å²) in [5.74, 6) is -0.798. The van der Waals surface area contributed by atoms with E-state index in [1.165, 1.54) is 0 Å². The molecule has 0 saturated carbocycles. The normalized spacial score (nSPS) is 17.5. The highest BCUT2D eigenvalue weighted by Gasteiger charge is 2.28. The average Bonchev–Trinajstić information content (AvgIpc) is 2.82. The number of nitrogens with one attached hydrogen (secondary N) is 4. The summed E-state index contributed by atoms with van der Waals surface area (Å²) in [5.41, 5.74) is 1.79. The van der Waals surface area contributed by atoms with E-state index in [1.54, 1.807) is 42.5 Å². The van der Waals surface area contributed by atoms with Crippen LogP contribution in [0.25, 0.3) is 0 Å². The quantitative estimate of drug-likeness (QED) is 0.625. The highest BCUT2D eigenvalue weighted by molar-refractivity contribution is 6.10. The fourth-order valence-corrected chi connectivity index (χ4v) is 3.17. The van der Waals surface area contributed by atoms with Gasteiger partial charge >= 0.3 is 0 Å². The molecule has 9 heteroatoms. The largest absolute Gasteiger partial charge is 0.482 e. The van der Waals surface area contributed by atoms with Gasteiger partial charge in [0.2, 0.25) is 11.8 Å². The molecule has 0 aliphatic carbocycles. The van der Waals surface area contributed by atoms with Crippen molar-refractivity contribution in [2.24, 2.45) is 0 Å². The summed E-state index contributed by atoms with van der Waals surface area (Å²) >= 11 is 0. The Bertz CT molecular complexity index is 1020. The summed E-state index contributed by atoms with van der Waals surface area (Å²) < 4.78 is 5.27. The van der Waals surface area contributed by atoms with Gasteiger partial charge in [0.15, 0.2) is 6.61 Å². The van der Waals surface area contributed by atoms with E-state index in [1.807, 2.05) is 0 Å². The van der Waals surface area contributed by atoms with Crippen LogP contribution in [-0.2, 0) is 14.4 Å². The summed E-state index contributed by atoms with van der Waals surface area (Å²) in [6, 6.07) is 10.8. The van der Waals surface area contributed by atoms with Gasteiger partial charge in [-0.25, -0.2) is 0 Å². The molecular weight excluding hydrogens is 376 g/mol. The molecule has 2 aromatic carbocycles. The molecule has 1 atom stereocenters. The van der Waals surface area contributed by atoms with Crippen LogP contribution in [0.5, 0.6) is 5.75 Å². The number of hydrogen-bond donors (Lipinski definition) is 4. The molecule has 0 aromatic heterocycles. The molecule has 0 saturated heterocycles. The Morgan fingerprint density at radius 3 is 2.76 bits per heavy atom. The summed E-state index contributed by atoms with van der Waals surface area (Å²) in [6.45, 7) is -0.0439. The first-order valence-electron chi connectivity index (χ1n) is 9.07. The van der Waals surface area contributed by atoms with E-state index in [9.17, 15) is 19.2 Å². The first-order valence-corrected chi connectivity index (χ1v) is 9.07. The van der Waals surface area contributed by atoms with Gasteiger partial charge in [-0.2, -0.15) is 0 Å². The molecule has 0 fully saturated rings. The van der Waals surface area contributed by atoms with Crippen LogP contribution in [0, 0.1) is 0 Å². The predicted octanol–water partition coefficient (Wildman–Crippen LogP) is 1.49. The minimum absolute atomic E-state index is 0.0225. The number of para-hydroxylation sites is 1. The smallest absolute Gasteiger partial charge is 0.262 e. The molecule has 4 amide bonds. The van der Waals surface area contributed by atoms with Crippen molar-refractivity contribution in [1.29, 1.82) is 0 Å². The third kappa shape index (κ3) is 4.03. The van der Waals surface area contributed by atoms with Gasteiger partial charge in [-0.1, -0.05) is 12.1 Å². The molecule has 4 rings (SSSR count). The van der Waals surface area contributed by atoms with Crippen molar-refractivity contribution < 1.29 is 23.9 Å². The van der Waals surface area contributed by atoms with Crippen molar-refractivity contribution in [3.8, 4) is 5.75 Å². The fraction of sp³-hybridized carbons (Fsp3) is 0.200.